The normalized spacial score (nSPS) is 14.0. The van der Waals surface area contributed by atoms with Crippen molar-refractivity contribution in [2.24, 2.45) is 0 Å². The summed E-state index contributed by atoms with van der Waals surface area (Å²) in [6, 6.07) is 20.9. The Morgan fingerprint density at radius 2 is 0.943 bits per heavy atom. The molecule has 5 rings (SSSR count). The lowest BCUT2D eigenvalue weighted by Gasteiger charge is -2.08. The number of piperazine rings is 1. The van der Waals surface area contributed by atoms with Gasteiger partial charge in [-0.2, -0.15) is 14.0 Å². The lowest BCUT2D eigenvalue weighted by Crippen LogP contribution is -2.58. The third-order valence-electron chi connectivity index (χ3n) is 5.10. The second-order valence-corrected chi connectivity index (χ2v) is 13.5. The van der Waals surface area contributed by atoms with Crippen LogP contribution in [-0.4, -0.2) is 30.8 Å². The average Bonchev–Trinajstić information content (AvgIpc) is 3.50. The van der Waals surface area contributed by atoms with Crippen molar-refractivity contribution < 1.29 is 28.9 Å². The summed E-state index contributed by atoms with van der Waals surface area (Å²) in [6.07, 6.45) is 0. The third kappa shape index (κ3) is 7.91. The monoisotopic (exact) mass is 608 g/mol. The summed E-state index contributed by atoms with van der Waals surface area (Å²) in [7, 11) is 2.71. The molecule has 1 aliphatic rings. The van der Waals surface area contributed by atoms with Gasteiger partial charge in [-0.3, -0.25) is 0 Å². The molecular weight excluding hydrogens is 591 g/mol. The Balaban J connectivity index is 0.000000527. The average molecular weight is 610 g/mol. The molecule has 2 aromatic heterocycles. The molecule has 35 heavy (non-hydrogen) atoms. The minimum Gasteiger partial charge on any atom is -0.207 e. The highest BCUT2D eigenvalue weighted by molar-refractivity contribution is 7.70. The molecule has 0 bridgehead atoms. The first-order valence-electron chi connectivity index (χ1n) is 10.2. The lowest BCUT2D eigenvalue weighted by molar-refractivity contribution is -1.92. The van der Waals surface area contributed by atoms with Gasteiger partial charge in [0, 0.05) is 22.2 Å². The quantitative estimate of drug-likeness (QED) is 0.277. The summed E-state index contributed by atoms with van der Waals surface area (Å²) in [5.41, 5.74) is 2.47. The van der Waals surface area contributed by atoms with Crippen LogP contribution in [0.5, 0.6) is 0 Å². The molecule has 0 radical (unpaired) electrons. The van der Waals surface area contributed by atoms with Gasteiger partial charge in [0.25, 0.3) is 9.34 Å². The van der Waals surface area contributed by atoms with E-state index < -0.39 is 10.2 Å². The van der Waals surface area contributed by atoms with Crippen molar-refractivity contribution >= 4 is 64.6 Å². The molecule has 1 N–H and O–H groups in total. The summed E-state index contributed by atoms with van der Waals surface area (Å²) < 4.78 is 40.5. The van der Waals surface area contributed by atoms with E-state index in [0.717, 1.165) is 36.2 Å². The molecule has 6 nitrogen and oxygen atoms in total. The molecule has 0 aliphatic carbocycles. The Kier molecular flexibility index (Phi) is 9.17. The van der Waals surface area contributed by atoms with E-state index in [2.05, 4.69) is 45.5 Å². The highest BCUT2D eigenvalue weighted by Crippen LogP contribution is 2.27. The number of nitrogens with zero attached hydrogens (tertiary/aromatic N) is 2. The molecule has 4 aromatic rings. The summed E-state index contributed by atoms with van der Waals surface area (Å²) in [4.78, 5) is 2.61. The van der Waals surface area contributed by atoms with Crippen LogP contribution in [0.2, 0.25) is 10.0 Å². The Morgan fingerprint density at radius 1 is 0.629 bits per heavy atom. The van der Waals surface area contributed by atoms with Gasteiger partial charge in [0.1, 0.15) is 0 Å². The standard InChI is InChI=1S/C22H18Cl2N2S4.ClHO4/c23-17-5-1-15(2-6-17)19-13-21(29-27-19)25-9-11-26(12-10-25)22-14-20(28-30-22)16-3-7-18(24)8-4-16;2-1(3,4)5/h1-8,13-14H,9-12H2;(H,2,3,4,5)/q+2;. The molecule has 13 heteroatoms. The van der Waals surface area contributed by atoms with Crippen LogP contribution in [0, 0.1) is 10.2 Å². The van der Waals surface area contributed by atoms with E-state index in [4.69, 9.17) is 41.8 Å². The van der Waals surface area contributed by atoms with E-state index in [1.165, 1.54) is 30.2 Å². The second-order valence-electron chi connectivity index (χ2n) is 7.41. The SMILES string of the molecule is Clc1ccc(-c2cc(=[N+]3CC[N+](=c4cc(-c5ccc(Cl)cc5)ss4)CC3)ss2)cc1.[O-][Cl+3]([O-])([O-])O. The van der Waals surface area contributed by atoms with Crippen molar-refractivity contribution in [1.29, 1.82) is 0 Å². The molecule has 184 valence electrons. The smallest absolute Gasteiger partial charge is 0.207 e. The van der Waals surface area contributed by atoms with Crippen molar-refractivity contribution in [1.82, 2.24) is 9.15 Å². The predicted molar refractivity (Wildman–Crippen MR) is 138 cm³/mol. The summed E-state index contributed by atoms with van der Waals surface area (Å²) in [6.45, 7) is 4.19. The molecule has 3 heterocycles. The van der Waals surface area contributed by atoms with Gasteiger partial charge < -0.3 is 0 Å². The van der Waals surface area contributed by atoms with Gasteiger partial charge in [-0.15, -0.1) is 0 Å². The summed E-state index contributed by atoms with van der Waals surface area (Å²) in [5.74, 6) is 0. The first-order chi connectivity index (χ1) is 16.7. The number of benzene rings is 2. The molecule has 1 saturated heterocycles. The number of halogens is 3. The molecule has 0 saturated carbocycles. The minimum absolute atomic E-state index is 0.782. The maximum Gasteiger partial charge on any atom is 0.267 e. The first-order valence-corrected chi connectivity index (χ1v) is 16.5. The number of hydrogen-bond donors (Lipinski definition) is 1. The van der Waals surface area contributed by atoms with Crippen molar-refractivity contribution in [2.45, 2.75) is 0 Å². The van der Waals surface area contributed by atoms with E-state index in [0.29, 0.717) is 0 Å². The molecule has 0 amide bonds. The first kappa shape index (κ1) is 26.9. The highest BCUT2D eigenvalue weighted by Gasteiger charge is 2.23. The van der Waals surface area contributed by atoms with E-state index in [1.807, 2.05) is 65.6 Å². The summed E-state index contributed by atoms with van der Waals surface area (Å²) in [5, 5.41) is 1.56. The predicted octanol–water partition coefficient (Wildman–Crippen LogP) is 1.71. The maximum atomic E-state index is 8.60. The lowest BCUT2D eigenvalue weighted by atomic mass is 10.2. The maximum absolute atomic E-state index is 8.60. The molecule has 1 fully saturated rings. The van der Waals surface area contributed by atoms with Gasteiger partial charge in [0.05, 0.1) is 24.7 Å². The van der Waals surface area contributed by atoms with E-state index in [-0.39, 0.29) is 0 Å². The fourth-order valence-electron chi connectivity index (χ4n) is 3.42. The van der Waals surface area contributed by atoms with Gasteiger partial charge >= 0.3 is 0 Å². The van der Waals surface area contributed by atoms with E-state index >= 15 is 0 Å². The van der Waals surface area contributed by atoms with Crippen molar-refractivity contribution in [3.63, 3.8) is 0 Å². The van der Waals surface area contributed by atoms with Gasteiger partial charge in [-0.05, 0) is 56.1 Å². The fraction of sp³-hybridized carbons (Fsp3) is 0.182. The zero-order valence-electron chi connectivity index (χ0n) is 17.9. The topological polar surface area (TPSA) is 95.4 Å². The molecule has 0 spiro atoms. The van der Waals surface area contributed by atoms with Crippen LogP contribution in [0.4, 0.5) is 0 Å². The van der Waals surface area contributed by atoms with Gasteiger partial charge in [0.2, 0.25) is 26.2 Å². The van der Waals surface area contributed by atoms with Crippen molar-refractivity contribution in [3.8, 4) is 20.9 Å². The van der Waals surface area contributed by atoms with Gasteiger partial charge in [-0.25, -0.2) is 9.15 Å². The van der Waals surface area contributed by atoms with E-state index in [9.17, 15) is 0 Å². The van der Waals surface area contributed by atoms with Gasteiger partial charge in [0.15, 0.2) is 0 Å². The van der Waals surface area contributed by atoms with E-state index in [1.54, 1.807) is 0 Å². The number of rotatable bonds is 2. The zero-order valence-corrected chi connectivity index (χ0v) is 23.5. The van der Waals surface area contributed by atoms with Crippen LogP contribution in [0.3, 0.4) is 0 Å². The molecule has 2 aromatic carbocycles. The Bertz CT molecular complexity index is 1300. The summed E-state index contributed by atoms with van der Waals surface area (Å²) >= 11 is 12.0. The van der Waals surface area contributed by atoms with Crippen LogP contribution in [-0.2, 0) is 0 Å². The molecule has 0 atom stereocenters. The molecule has 1 aliphatic heterocycles. The zero-order chi connectivity index (χ0) is 25.0. The highest BCUT2D eigenvalue weighted by atomic mass is 35.7. The van der Waals surface area contributed by atoms with Crippen LogP contribution >= 0.6 is 64.6 Å². The molecular formula is C22H19Cl3N2O4S4+2. The Labute approximate surface area is 228 Å². The fourth-order valence-corrected chi connectivity index (χ4v) is 8.70. The largest absolute Gasteiger partial charge is 0.267 e. The van der Waals surface area contributed by atoms with Crippen LogP contribution in [0.15, 0.2) is 60.7 Å². The Morgan fingerprint density at radius 3 is 1.26 bits per heavy atom. The third-order valence-corrected chi connectivity index (χ3v) is 10.5. The van der Waals surface area contributed by atoms with Crippen molar-refractivity contribution in [2.75, 3.05) is 26.2 Å². The second kappa shape index (κ2) is 11.9. The Hall–Kier alpha value is -1.15. The van der Waals surface area contributed by atoms with Crippen LogP contribution < -0.4 is 32.5 Å². The van der Waals surface area contributed by atoms with Gasteiger partial charge in [-0.1, -0.05) is 68.1 Å². The minimum atomic E-state index is -4.69. The van der Waals surface area contributed by atoms with Crippen LogP contribution in [0.25, 0.3) is 20.9 Å². The number of hydrogen-bond acceptors (Lipinski definition) is 8. The molecule has 0 unspecified atom stereocenters. The van der Waals surface area contributed by atoms with Crippen LogP contribution in [0.1, 0.15) is 0 Å². The van der Waals surface area contributed by atoms with Crippen molar-refractivity contribution in [3.05, 3.63) is 80.1 Å².